The molecule has 0 aliphatic heterocycles. The zero-order valence-corrected chi connectivity index (χ0v) is 18.8. The van der Waals surface area contributed by atoms with Gasteiger partial charge < -0.3 is 14.5 Å². The number of benzene rings is 1. The van der Waals surface area contributed by atoms with Crippen molar-refractivity contribution in [3.63, 3.8) is 0 Å². The molecule has 1 N–H and O–H groups in total. The first kappa shape index (κ1) is 20.4. The summed E-state index contributed by atoms with van der Waals surface area (Å²) in [6, 6.07) is 6.83. The fourth-order valence-electron chi connectivity index (χ4n) is 3.42. The van der Waals surface area contributed by atoms with E-state index < -0.39 is 9.84 Å². The van der Waals surface area contributed by atoms with E-state index in [2.05, 4.69) is 20.3 Å². The van der Waals surface area contributed by atoms with Gasteiger partial charge >= 0.3 is 0 Å². The number of nitrogens with zero attached hydrogens (tertiary/aromatic N) is 5. The lowest BCUT2D eigenvalue weighted by atomic mass is 10.2. The Morgan fingerprint density at radius 1 is 1.03 bits per heavy atom. The van der Waals surface area contributed by atoms with Crippen LogP contribution in [0.1, 0.15) is 11.5 Å². The van der Waals surface area contributed by atoms with Gasteiger partial charge in [-0.05, 0) is 32.0 Å². The highest BCUT2D eigenvalue weighted by Gasteiger charge is 2.19. The van der Waals surface area contributed by atoms with E-state index in [1.807, 2.05) is 49.3 Å². The maximum atomic E-state index is 12.6. The number of halogens is 1. The SMILES string of the molecule is Cc1cn(C)c(-c2ccc(Nc3cc(Cl)nc4c3nc(C)n4C)c(S(C)(=O)=O)c2)n1. The Hall–Kier alpha value is -2.91. The second-order valence-electron chi connectivity index (χ2n) is 7.31. The molecule has 1 aromatic carbocycles. The van der Waals surface area contributed by atoms with Crippen molar-refractivity contribution in [1.29, 1.82) is 0 Å². The van der Waals surface area contributed by atoms with E-state index >= 15 is 0 Å². The van der Waals surface area contributed by atoms with E-state index in [4.69, 9.17) is 11.6 Å². The highest BCUT2D eigenvalue weighted by Crippen LogP contribution is 2.33. The average Bonchev–Trinajstić information content (AvgIpc) is 3.14. The fourth-order valence-corrected chi connectivity index (χ4v) is 4.47. The lowest BCUT2D eigenvalue weighted by Crippen LogP contribution is -2.04. The Labute approximate surface area is 179 Å². The predicted molar refractivity (Wildman–Crippen MR) is 118 cm³/mol. The Kier molecular flexibility index (Phi) is 4.82. The van der Waals surface area contributed by atoms with Gasteiger partial charge in [-0.15, -0.1) is 0 Å². The quantitative estimate of drug-likeness (QED) is 0.481. The number of anilines is 2. The first-order valence-electron chi connectivity index (χ1n) is 9.15. The number of rotatable bonds is 4. The monoisotopic (exact) mass is 444 g/mol. The van der Waals surface area contributed by atoms with Crippen molar-refractivity contribution in [2.45, 2.75) is 18.7 Å². The number of imidazole rings is 2. The molecule has 0 saturated heterocycles. The fraction of sp³-hybridized carbons (Fsp3) is 0.250. The highest BCUT2D eigenvalue weighted by atomic mass is 35.5. The molecule has 0 atom stereocenters. The second kappa shape index (κ2) is 7.10. The lowest BCUT2D eigenvalue weighted by molar-refractivity contribution is 0.602. The normalized spacial score (nSPS) is 11.9. The summed E-state index contributed by atoms with van der Waals surface area (Å²) in [6.07, 6.45) is 3.07. The van der Waals surface area contributed by atoms with Crippen molar-refractivity contribution >= 4 is 44.0 Å². The van der Waals surface area contributed by atoms with Crippen LogP contribution in [0, 0.1) is 13.8 Å². The Morgan fingerprint density at radius 2 is 1.77 bits per heavy atom. The number of sulfone groups is 1. The third kappa shape index (κ3) is 3.54. The molecule has 0 bridgehead atoms. The summed E-state index contributed by atoms with van der Waals surface area (Å²) in [5, 5.41) is 3.48. The molecule has 0 radical (unpaired) electrons. The Bertz CT molecular complexity index is 1400. The van der Waals surface area contributed by atoms with Crippen molar-refractivity contribution < 1.29 is 8.42 Å². The van der Waals surface area contributed by atoms with Crippen LogP contribution in [0.5, 0.6) is 0 Å². The maximum absolute atomic E-state index is 12.6. The van der Waals surface area contributed by atoms with Crippen molar-refractivity contribution in [3.8, 4) is 11.4 Å². The predicted octanol–water partition coefficient (Wildman–Crippen LogP) is 3.79. The van der Waals surface area contributed by atoms with E-state index in [1.165, 1.54) is 6.26 Å². The zero-order chi connectivity index (χ0) is 21.8. The number of nitrogens with one attached hydrogen (secondary N) is 1. The van der Waals surface area contributed by atoms with Gasteiger partial charge in [0.15, 0.2) is 15.5 Å². The van der Waals surface area contributed by atoms with Crippen molar-refractivity contribution in [2.75, 3.05) is 11.6 Å². The molecule has 3 heterocycles. The van der Waals surface area contributed by atoms with E-state index in [-0.39, 0.29) is 10.0 Å². The summed E-state index contributed by atoms with van der Waals surface area (Å²) in [4.78, 5) is 13.5. The van der Waals surface area contributed by atoms with Crippen LogP contribution >= 0.6 is 11.6 Å². The summed E-state index contributed by atoms with van der Waals surface area (Å²) in [7, 11) is 0.196. The first-order chi connectivity index (χ1) is 14.0. The van der Waals surface area contributed by atoms with Crippen LogP contribution in [0.3, 0.4) is 0 Å². The van der Waals surface area contributed by atoms with Gasteiger partial charge in [0, 0.05) is 38.2 Å². The first-order valence-corrected chi connectivity index (χ1v) is 11.4. The van der Waals surface area contributed by atoms with E-state index in [9.17, 15) is 8.42 Å². The average molecular weight is 445 g/mol. The number of hydrogen-bond acceptors (Lipinski definition) is 6. The Balaban J connectivity index is 1.87. The molecule has 156 valence electrons. The molecule has 3 aromatic heterocycles. The summed E-state index contributed by atoms with van der Waals surface area (Å²) < 4.78 is 28.9. The molecular weight excluding hydrogens is 424 g/mol. The summed E-state index contributed by atoms with van der Waals surface area (Å²) >= 11 is 6.20. The largest absolute Gasteiger partial charge is 0.352 e. The molecule has 30 heavy (non-hydrogen) atoms. The summed E-state index contributed by atoms with van der Waals surface area (Å²) in [5.41, 5.74) is 3.81. The molecule has 0 fully saturated rings. The number of aryl methyl sites for hydroxylation is 4. The van der Waals surface area contributed by atoms with Gasteiger partial charge in [0.05, 0.1) is 22.0 Å². The number of fused-ring (bicyclic) bond motifs is 1. The van der Waals surface area contributed by atoms with Gasteiger partial charge in [-0.3, -0.25) is 0 Å². The van der Waals surface area contributed by atoms with Crippen LogP contribution in [0.4, 0.5) is 11.4 Å². The van der Waals surface area contributed by atoms with Gasteiger partial charge in [0.2, 0.25) is 0 Å². The van der Waals surface area contributed by atoms with Crippen molar-refractivity contribution in [1.82, 2.24) is 24.1 Å². The number of aromatic nitrogens is 5. The van der Waals surface area contributed by atoms with Crippen molar-refractivity contribution in [2.24, 2.45) is 14.1 Å². The third-order valence-electron chi connectivity index (χ3n) is 4.93. The van der Waals surface area contributed by atoms with Gasteiger partial charge in [-0.2, -0.15) is 0 Å². The number of hydrogen-bond donors (Lipinski definition) is 1. The molecule has 0 unspecified atom stereocenters. The number of pyridine rings is 1. The molecule has 0 spiro atoms. The zero-order valence-electron chi connectivity index (χ0n) is 17.2. The minimum absolute atomic E-state index is 0.161. The third-order valence-corrected chi connectivity index (χ3v) is 6.26. The molecule has 0 saturated carbocycles. The molecule has 0 amide bonds. The Morgan fingerprint density at radius 3 is 2.40 bits per heavy atom. The summed E-state index contributed by atoms with van der Waals surface area (Å²) in [5.74, 6) is 1.46. The molecule has 0 aliphatic rings. The molecule has 8 nitrogen and oxygen atoms in total. The van der Waals surface area contributed by atoms with Gasteiger partial charge in [-0.1, -0.05) is 11.6 Å². The molecule has 10 heteroatoms. The van der Waals surface area contributed by atoms with Crippen LogP contribution in [0.15, 0.2) is 35.4 Å². The lowest BCUT2D eigenvalue weighted by Gasteiger charge is -2.13. The van der Waals surface area contributed by atoms with Gasteiger partial charge in [-0.25, -0.2) is 23.4 Å². The summed E-state index contributed by atoms with van der Waals surface area (Å²) in [6.45, 7) is 3.76. The van der Waals surface area contributed by atoms with E-state index in [0.29, 0.717) is 33.9 Å². The molecule has 0 aliphatic carbocycles. The smallest absolute Gasteiger partial charge is 0.177 e. The van der Waals surface area contributed by atoms with Crippen LogP contribution in [-0.4, -0.2) is 38.8 Å². The maximum Gasteiger partial charge on any atom is 0.177 e. The van der Waals surface area contributed by atoms with Crippen LogP contribution < -0.4 is 5.32 Å². The second-order valence-corrected chi connectivity index (χ2v) is 9.68. The molecule has 4 rings (SSSR count). The topological polar surface area (TPSA) is 94.7 Å². The van der Waals surface area contributed by atoms with Gasteiger partial charge in [0.25, 0.3) is 0 Å². The minimum Gasteiger partial charge on any atom is -0.352 e. The molecular formula is C20H21ClN6O2S. The molecule has 4 aromatic rings. The van der Waals surface area contributed by atoms with Crippen LogP contribution in [0.25, 0.3) is 22.6 Å². The van der Waals surface area contributed by atoms with Crippen molar-refractivity contribution in [3.05, 3.63) is 47.1 Å². The standard InChI is InChI=1S/C20H21ClN6O2S/c1-11-10-26(3)19(22-11)13-6-7-14(16(8-13)30(5,28)29)24-15-9-17(21)25-20-18(15)23-12(2)27(20)4/h6-10H,1-5H3,(H,24,25). The minimum atomic E-state index is -3.53. The van der Waals surface area contributed by atoms with Crippen LogP contribution in [-0.2, 0) is 23.9 Å². The van der Waals surface area contributed by atoms with Gasteiger partial charge in [0.1, 0.15) is 22.3 Å². The highest BCUT2D eigenvalue weighted by molar-refractivity contribution is 7.90. The van der Waals surface area contributed by atoms with E-state index in [0.717, 1.165) is 11.5 Å². The van der Waals surface area contributed by atoms with E-state index in [1.54, 1.807) is 18.2 Å². The van der Waals surface area contributed by atoms with Crippen LogP contribution in [0.2, 0.25) is 5.15 Å².